The highest BCUT2D eigenvalue weighted by Gasteiger charge is 2.15. The maximum Gasteiger partial charge on any atom is 0.129 e. The summed E-state index contributed by atoms with van der Waals surface area (Å²) in [5, 5.41) is 0.430. The van der Waals surface area contributed by atoms with Crippen LogP contribution in [-0.2, 0) is 0 Å². The third-order valence-electron chi connectivity index (χ3n) is 2.08. The number of hydrazine groups is 1. The Hall–Kier alpha value is -1.36. The van der Waals surface area contributed by atoms with Crippen LogP contribution in [0, 0.1) is 0 Å². The van der Waals surface area contributed by atoms with Crippen molar-refractivity contribution in [1.82, 2.24) is 10.4 Å². The fourth-order valence-corrected chi connectivity index (χ4v) is 1.58. The van der Waals surface area contributed by atoms with Crippen LogP contribution in [0.3, 0.4) is 0 Å². The number of halogens is 1. The molecule has 1 unspecified atom stereocenters. The summed E-state index contributed by atoms with van der Waals surface area (Å²) in [6, 6.07) is 7.02. The Morgan fingerprint density at radius 2 is 2.33 bits per heavy atom. The summed E-state index contributed by atoms with van der Waals surface area (Å²) in [7, 11) is 0. The zero-order valence-electron chi connectivity index (χ0n) is 7.85. The maximum atomic E-state index is 5.80. The van der Waals surface area contributed by atoms with Gasteiger partial charge in [0, 0.05) is 6.20 Å². The molecule has 2 aromatic heterocycles. The Kier molecular flexibility index (Phi) is 3.01. The van der Waals surface area contributed by atoms with Gasteiger partial charge < -0.3 is 4.42 Å². The van der Waals surface area contributed by atoms with Gasteiger partial charge in [0.15, 0.2) is 0 Å². The van der Waals surface area contributed by atoms with E-state index in [1.54, 1.807) is 18.5 Å². The Balaban J connectivity index is 2.35. The number of nitrogens with two attached hydrogens (primary N) is 1. The molecular weight excluding hydrogens is 214 g/mol. The lowest BCUT2D eigenvalue weighted by Crippen LogP contribution is -2.28. The molecule has 0 spiro atoms. The van der Waals surface area contributed by atoms with Gasteiger partial charge in [0.2, 0.25) is 0 Å². The highest BCUT2D eigenvalue weighted by atomic mass is 35.5. The Bertz CT molecular complexity index is 430. The fourth-order valence-electron chi connectivity index (χ4n) is 1.40. The molecule has 2 rings (SSSR count). The largest absolute Gasteiger partial charge is 0.467 e. The molecule has 0 aromatic carbocycles. The first-order valence-electron chi connectivity index (χ1n) is 4.42. The zero-order valence-corrected chi connectivity index (χ0v) is 8.61. The molecule has 78 valence electrons. The monoisotopic (exact) mass is 223 g/mol. The molecule has 2 aromatic rings. The molecule has 0 fully saturated rings. The smallest absolute Gasteiger partial charge is 0.129 e. The minimum Gasteiger partial charge on any atom is -0.467 e. The predicted molar refractivity (Wildman–Crippen MR) is 57.1 cm³/mol. The van der Waals surface area contributed by atoms with Gasteiger partial charge in [0.1, 0.15) is 17.0 Å². The van der Waals surface area contributed by atoms with Gasteiger partial charge >= 0.3 is 0 Å². The quantitative estimate of drug-likeness (QED) is 0.474. The molecule has 0 radical (unpaired) electrons. The van der Waals surface area contributed by atoms with Crippen LogP contribution in [0.15, 0.2) is 41.1 Å². The molecule has 0 bridgehead atoms. The van der Waals surface area contributed by atoms with E-state index < -0.39 is 0 Å². The van der Waals surface area contributed by atoms with Crippen LogP contribution in [0.2, 0.25) is 5.15 Å². The highest BCUT2D eigenvalue weighted by molar-refractivity contribution is 6.29. The standard InChI is InChI=1S/C10H10ClN3O/c11-9-6-7(3-4-13-9)10(14-12)8-2-1-5-15-8/h1-6,10,14H,12H2. The third kappa shape index (κ3) is 2.18. The van der Waals surface area contributed by atoms with Crippen molar-refractivity contribution in [2.45, 2.75) is 6.04 Å². The number of furan rings is 1. The SMILES string of the molecule is NNC(c1ccnc(Cl)c1)c1ccco1. The molecule has 2 heterocycles. The van der Waals surface area contributed by atoms with E-state index in [4.69, 9.17) is 21.9 Å². The number of pyridine rings is 1. The van der Waals surface area contributed by atoms with Crippen LogP contribution in [0.4, 0.5) is 0 Å². The number of hydrogen-bond acceptors (Lipinski definition) is 4. The van der Waals surface area contributed by atoms with Gasteiger partial charge in [-0.3, -0.25) is 5.84 Å². The second kappa shape index (κ2) is 4.44. The van der Waals surface area contributed by atoms with Gasteiger partial charge in [0.05, 0.1) is 6.26 Å². The van der Waals surface area contributed by atoms with E-state index in [-0.39, 0.29) is 6.04 Å². The normalized spacial score (nSPS) is 12.7. The Labute approximate surface area is 92.0 Å². The van der Waals surface area contributed by atoms with Gasteiger partial charge in [-0.2, -0.15) is 0 Å². The second-order valence-corrected chi connectivity index (χ2v) is 3.41. The molecular formula is C10H10ClN3O. The Morgan fingerprint density at radius 3 is 2.93 bits per heavy atom. The number of nitrogens with one attached hydrogen (secondary N) is 1. The first-order chi connectivity index (χ1) is 7.31. The van der Waals surface area contributed by atoms with Crippen molar-refractivity contribution in [3.63, 3.8) is 0 Å². The molecule has 0 amide bonds. The summed E-state index contributed by atoms with van der Waals surface area (Å²) in [5.74, 6) is 6.21. The minimum absolute atomic E-state index is 0.208. The molecule has 15 heavy (non-hydrogen) atoms. The van der Waals surface area contributed by atoms with E-state index in [0.717, 1.165) is 11.3 Å². The average molecular weight is 224 g/mol. The van der Waals surface area contributed by atoms with Crippen LogP contribution < -0.4 is 11.3 Å². The van der Waals surface area contributed by atoms with E-state index in [0.29, 0.717) is 5.15 Å². The van der Waals surface area contributed by atoms with E-state index in [1.807, 2.05) is 18.2 Å². The van der Waals surface area contributed by atoms with Crippen molar-refractivity contribution in [3.8, 4) is 0 Å². The number of rotatable bonds is 3. The zero-order chi connectivity index (χ0) is 10.7. The first-order valence-corrected chi connectivity index (χ1v) is 4.80. The van der Waals surface area contributed by atoms with Crippen molar-refractivity contribution in [3.05, 3.63) is 53.2 Å². The number of aromatic nitrogens is 1. The summed E-state index contributed by atoms with van der Waals surface area (Å²) < 4.78 is 5.27. The van der Waals surface area contributed by atoms with E-state index in [2.05, 4.69) is 10.4 Å². The van der Waals surface area contributed by atoms with Crippen LogP contribution in [-0.4, -0.2) is 4.98 Å². The van der Waals surface area contributed by atoms with Crippen molar-refractivity contribution in [1.29, 1.82) is 0 Å². The second-order valence-electron chi connectivity index (χ2n) is 3.03. The van der Waals surface area contributed by atoms with Crippen molar-refractivity contribution < 1.29 is 4.42 Å². The highest BCUT2D eigenvalue weighted by Crippen LogP contribution is 2.22. The molecule has 0 saturated heterocycles. The predicted octanol–water partition coefficient (Wildman–Crippen LogP) is 1.88. The molecule has 0 aliphatic rings. The fraction of sp³-hybridized carbons (Fsp3) is 0.100. The number of hydrogen-bond donors (Lipinski definition) is 2. The minimum atomic E-state index is -0.208. The van der Waals surface area contributed by atoms with Crippen LogP contribution in [0.1, 0.15) is 17.4 Å². The lowest BCUT2D eigenvalue weighted by molar-refractivity contribution is 0.452. The summed E-state index contributed by atoms with van der Waals surface area (Å²) in [6.07, 6.45) is 3.23. The topological polar surface area (TPSA) is 64.1 Å². The Morgan fingerprint density at radius 1 is 1.47 bits per heavy atom. The molecule has 0 aliphatic heterocycles. The van der Waals surface area contributed by atoms with E-state index >= 15 is 0 Å². The van der Waals surface area contributed by atoms with Crippen LogP contribution in [0.5, 0.6) is 0 Å². The molecule has 3 N–H and O–H groups in total. The lowest BCUT2D eigenvalue weighted by Gasteiger charge is -2.13. The van der Waals surface area contributed by atoms with Gasteiger partial charge in [-0.15, -0.1) is 0 Å². The van der Waals surface area contributed by atoms with Gasteiger partial charge in [-0.1, -0.05) is 11.6 Å². The average Bonchev–Trinajstić information content (AvgIpc) is 2.72. The van der Waals surface area contributed by atoms with Gasteiger partial charge in [-0.05, 0) is 29.8 Å². The maximum absolute atomic E-state index is 5.80. The van der Waals surface area contributed by atoms with Crippen molar-refractivity contribution in [2.24, 2.45) is 5.84 Å². The summed E-state index contributed by atoms with van der Waals surface area (Å²) >= 11 is 5.80. The summed E-state index contributed by atoms with van der Waals surface area (Å²) in [6.45, 7) is 0. The third-order valence-corrected chi connectivity index (χ3v) is 2.29. The molecule has 1 atom stereocenters. The van der Waals surface area contributed by atoms with Gasteiger partial charge in [-0.25, -0.2) is 10.4 Å². The van der Waals surface area contributed by atoms with E-state index in [9.17, 15) is 0 Å². The van der Waals surface area contributed by atoms with Crippen LogP contribution >= 0.6 is 11.6 Å². The molecule has 5 heteroatoms. The molecule has 0 saturated carbocycles. The molecule has 0 aliphatic carbocycles. The van der Waals surface area contributed by atoms with Crippen molar-refractivity contribution >= 4 is 11.6 Å². The lowest BCUT2D eigenvalue weighted by atomic mass is 10.1. The molecule has 4 nitrogen and oxygen atoms in total. The van der Waals surface area contributed by atoms with E-state index in [1.165, 1.54) is 0 Å². The summed E-state index contributed by atoms with van der Waals surface area (Å²) in [5.41, 5.74) is 3.58. The summed E-state index contributed by atoms with van der Waals surface area (Å²) in [4.78, 5) is 3.90. The van der Waals surface area contributed by atoms with Gasteiger partial charge in [0.25, 0.3) is 0 Å². The number of nitrogens with zero attached hydrogens (tertiary/aromatic N) is 1. The van der Waals surface area contributed by atoms with Crippen LogP contribution in [0.25, 0.3) is 0 Å². The van der Waals surface area contributed by atoms with Crippen molar-refractivity contribution in [2.75, 3.05) is 0 Å². The first kappa shape index (κ1) is 10.2.